The van der Waals surface area contributed by atoms with Crippen molar-refractivity contribution >= 4 is 28.5 Å². The van der Waals surface area contributed by atoms with E-state index in [0.29, 0.717) is 24.5 Å². The number of carbonyl (C=O) groups is 1. The van der Waals surface area contributed by atoms with Gasteiger partial charge in [-0.3, -0.25) is 4.79 Å². The Bertz CT molecular complexity index is 868. The molecule has 2 aromatic carbocycles. The highest BCUT2D eigenvalue weighted by atomic mass is 35.5. The molecule has 24 heavy (non-hydrogen) atoms. The fourth-order valence-electron chi connectivity index (χ4n) is 2.93. The van der Waals surface area contributed by atoms with E-state index in [4.69, 9.17) is 16.6 Å². The van der Waals surface area contributed by atoms with Crippen LogP contribution in [0, 0.1) is 0 Å². The van der Waals surface area contributed by atoms with Crippen molar-refractivity contribution in [1.82, 2.24) is 14.9 Å². The summed E-state index contributed by atoms with van der Waals surface area (Å²) in [7, 11) is 0. The molecule has 5 heteroatoms. The molecule has 4 nitrogen and oxygen atoms in total. The van der Waals surface area contributed by atoms with E-state index in [1.165, 1.54) is 0 Å². The van der Waals surface area contributed by atoms with E-state index in [-0.39, 0.29) is 5.91 Å². The van der Waals surface area contributed by atoms with Crippen molar-refractivity contribution < 1.29 is 4.79 Å². The highest BCUT2D eigenvalue weighted by Crippen LogP contribution is 2.28. The lowest BCUT2D eigenvalue weighted by Crippen LogP contribution is -2.24. The first-order valence-electron chi connectivity index (χ1n) is 8.20. The largest absolute Gasteiger partial charge is 0.350 e. The van der Waals surface area contributed by atoms with E-state index >= 15 is 0 Å². The van der Waals surface area contributed by atoms with Gasteiger partial charge in [-0.2, -0.15) is 0 Å². The minimum Gasteiger partial charge on any atom is -0.350 e. The van der Waals surface area contributed by atoms with Crippen LogP contribution in [-0.2, 0) is 12.4 Å². The maximum absolute atomic E-state index is 12.2. The van der Waals surface area contributed by atoms with Gasteiger partial charge in [0.25, 0.3) is 5.91 Å². The molecule has 0 saturated carbocycles. The zero-order valence-electron chi connectivity index (χ0n) is 13.8. The summed E-state index contributed by atoms with van der Waals surface area (Å²) in [5.41, 5.74) is 4.56. The third-order valence-corrected chi connectivity index (χ3v) is 4.31. The van der Waals surface area contributed by atoms with Gasteiger partial charge in [0.1, 0.15) is 5.82 Å². The first kappa shape index (κ1) is 16.5. The summed E-state index contributed by atoms with van der Waals surface area (Å²) in [6.45, 7) is 5.32. The molecule has 1 amide bonds. The highest BCUT2D eigenvalue weighted by Gasteiger charge is 2.21. The van der Waals surface area contributed by atoms with Gasteiger partial charge in [0.15, 0.2) is 0 Å². The molecule has 4 rings (SSSR count). The average Bonchev–Trinajstić information content (AvgIpc) is 2.93. The third kappa shape index (κ3) is 2.78. The minimum absolute atomic E-state index is 0.0340. The molecule has 0 fully saturated rings. The van der Waals surface area contributed by atoms with E-state index in [1.807, 2.05) is 56.3 Å². The van der Waals surface area contributed by atoms with Crippen molar-refractivity contribution in [3.63, 3.8) is 0 Å². The molecule has 0 aliphatic carbocycles. The fourth-order valence-corrected chi connectivity index (χ4v) is 3.10. The van der Waals surface area contributed by atoms with Crippen molar-refractivity contribution in [3.05, 3.63) is 53.6 Å². The Kier molecular flexibility index (Phi) is 4.86. The van der Waals surface area contributed by atoms with Crippen LogP contribution in [0.4, 0.5) is 0 Å². The molecule has 1 aromatic heterocycles. The van der Waals surface area contributed by atoms with Crippen LogP contribution in [0.5, 0.6) is 0 Å². The Hall–Kier alpha value is -2.33. The van der Waals surface area contributed by atoms with Crippen molar-refractivity contribution in [2.24, 2.45) is 0 Å². The number of benzene rings is 2. The molecule has 0 unspecified atom stereocenters. The molecule has 0 atom stereocenters. The number of imidazole rings is 1. The standard InChI is InChI=1S/C17H14ClN3O.C2H6/c18-10-11-4-6-12(7-5-11)16-20-14-3-1-2-13-15(14)21(16)9-8-19-17(13)22;1-2/h1-7H,8-10H2,(H,19,22);1-2H3. The van der Waals surface area contributed by atoms with Crippen molar-refractivity contribution in [2.75, 3.05) is 6.54 Å². The normalized spacial score (nSPS) is 13.0. The molecule has 1 aliphatic heterocycles. The second-order valence-corrected chi connectivity index (χ2v) is 5.61. The van der Waals surface area contributed by atoms with Crippen LogP contribution in [-0.4, -0.2) is 22.0 Å². The van der Waals surface area contributed by atoms with Crippen LogP contribution in [0.15, 0.2) is 42.5 Å². The number of amides is 1. The van der Waals surface area contributed by atoms with Crippen molar-refractivity contribution in [1.29, 1.82) is 0 Å². The fraction of sp³-hybridized carbons (Fsp3) is 0.263. The Morgan fingerprint density at radius 3 is 2.62 bits per heavy atom. The van der Waals surface area contributed by atoms with Gasteiger partial charge in [0.05, 0.1) is 16.6 Å². The summed E-state index contributed by atoms with van der Waals surface area (Å²) in [4.78, 5) is 16.9. The molecule has 0 spiro atoms. The van der Waals surface area contributed by atoms with E-state index < -0.39 is 0 Å². The zero-order valence-corrected chi connectivity index (χ0v) is 14.6. The number of aromatic nitrogens is 2. The number of para-hydroxylation sites is 1. The number of rotatable bonds is 2. The monoisotopic (exact) mass is 341 g/mol. The second kappa shape index (κ2) is 7.05. The predicted molar refractivity (Wildman–Crippen MR) is 98.4 cm³/mol. The van der Waals surface area contributed by atoms with Gasteiger partial charge in [0, 0.05) is 24.5 Å². The quantitative estimate of drug-likeness (QED) is 0.710. The number of nitrogens with zero attached hydrogens (tertiary/aromatic N) is 2. The zero-order chi connectivity index (χ0) is 17.1. The van der Waals surface area contributed by atoms with Crippen molar-refractivity contribution in [2.45, 2.75) is 26.3 Å². The molecule has 3 aromatic rings. The summed E-state index contributed by atoms with van der Waals surface area (Å²) in [6.07, 6.45) is 0. The molecule has 1 aliphatic rings. The third-order valence-electron chi connectivity index (χ3n) is 4.00. The van der Waals surface area contributed by atoms with Crippen LogP contribution in [0.2, 0.25) is 0 Å². The maximum Gasteiger partial charge on any atom is 0.253 e. The minimum atomic E-state index is -0.0340. The van der Waals surface area contributed by atoms with Gasteiger partial charge >= 0.3 is 0 Å². The van der Waals surface area contributed by atoms with E-state index in [2.05, 4.69) is 9.88 Å². The summed E-state index contributed by atoms with van der Waals surface area (Å²) >= 11 is 5.85. The van der Waals surface area contributed by atoms with Crippen LogP contribution in [0.1, 0.15) is 29.8 Å². The second-order valence-electron chi connectivity index (χ2n) is 5.35. The molecule has 0 saturated heterocycles. The van der Waals surface area contributed by atoms with Gasteiger partial charge in [-0.1, -0.05) is 44.2 Å². The van der Waals surface area contributed by atoms with E-state index in [0.717, 1.165) is 28.0 Å². The summed E-state index contributed by atoms with van der Waals surface area (Å²) in [6, 6.07) is 13.8. The molecule has 2 heterocycles. The Labute approximate surface area is 146 Å². The van der Waals surface area contributed by atoms with Gasteiger partial charge in [0.2, 0.25) is 0 Å². The lowest BCUT2D eigenvalue weighted by Gasteiger charge is -2.07. The summed E-state index contributed by atoms with van der Waals surface area (Å²) in [5.74, 6) is 1.35. The molecule has 0 radical (unpaired) electrons. The van der Waals surface area contributed by atoms with Gasteiger partial charge in [-0.25, -0.2) is 4.98 Å². The van der Waals surface area contributed by atoms with Gasteiger partial charge in [-0.15, -0.1) is 11.6 Å². The van der Waals surface area contributed by atoms with Crippen LogP contribution >= 0.6 is 11.6 Å². The molecule has 1 N–H and O–H groups in total. The number of nitrogens with one attached hydrogen (secondary N) is 1. The number of hydrogen-bond acceptors (Lipinski definition) is 2. The number of alkyl halides is 1. The summed E-state index contributed by atoms with van der Waals surface area (Å²) in [5, 5.41) is 2.93. The van der Waals surface area contributed by atoms with Gasteiger partial charge < -0.3 is 9.88 Å². The first-order valence-corrected chi connectivity index (χ1v) is 8.74. The summed E-state index contributed by atoms with van der Waals surface area (Å²) < 4.78 is 2.12. The SMILES string of the molecule is CC.O=C1NCCn2c(-c3ccc(CCl)cc3)nc3cccc1c32. The highest BCUT2D eigenvalue weighted by molar-refractivity contribution is 6.17. The topological polar surface area (TPSA) is 46.9 Å². The Morgan fingerprint density at radius 1 is 1.17 bits per heavy atom. The van der Waals surface area contributed by atoms with E-state index in [9.17, 15) is 4.79 Å². The van der Waals surface area contributed by atoms with Crippen LogP contribution in [0.25, 0.3) is 22.4 Å². The Balaban J connectivity index is 0.000000815. The van der Waals surface area contributed by atoms with E-state index in [1.54, 1.807) is 0 Å². The van der Waals surface area contributed by atoms with Crippen molar-refractivity contribution in [3.8, 4) is 11.4 Å². The number of hydrogen-bond donors (Lipinski definition) is 1. The number of halogens is 1. The molecule has 0 bridgehead atoms. The lowest BCUT2D eigenvalue weighted by atomic mass is 10.1. The smallest absolute Gasteiger partial charge is 0.253 e. The predicted octanol–water partition coefficient (Wildman–Crippen LogP) is 4.21. The Morgan fingerprint density at radius 2 is 1.92 bits per heavy atom. The molecular weight excluding hydrogens is 322 g/mol. The molecular formula is C19H20ClN3O. The first-order chi connectivity index (χ1) is 11.8. The van der Waals surface area contributed by atoms with Gasteiger partial charge in [-0.05, 0) is 17.7 Å². The maximum atomic E-state index is 12.2. The average molecular weight is 342 g/mol. The lowest BCUT2D eigenvalue weighted by molar-refractivity contribution is 0.0956. The number of carbonyl (C=O) groups excluding carboxylic acids is 1. The molecule has 124 valence electrons. The van der Waals surface area contributed by atoms with Crippen LogP contribution < -0.4 is 5.32 Å². The van der Waals surface area contributed by atoms with Crippen LogP contribution in [0.3, 0.4) is 0 Å².